The molecule has 1 heterocycles. The van der Waals surface area contributed by atoms with Gasteiger partial charge in [-0.15, -0.1) is 0 Å². The first-order valence-corrected chi connectivity index (χ1v) is 5.95. The summed E-state index contributed by atoms with van der Waals surface area (Å²) in [5, 5.41) is 4.84. The van der Waals surface area contributed by atoms with E-state index in [0.29, 0.717) is 11.2 Å². The van der Waals surface area contributed by atoms with E-state index in [9.17, 15) is 8.42 Å². The number of nitrogens with zero attached hydrogens (tertiary/aromatic N) is 2. The largest absolute Gasteiger partial charge is 0.230 e. The molecule has 72 valence electrons. The lowest BCUT2D eigenvalue weighted by Gasteiger charge is -1.98. The second kappa shape index (κ2) is 4.12. The fourth-order valence-corrected chi connectivity index (χ4v) is 1.45. The van der Waals surface area contributed by atoms with Crippen LogP contribution >= 0.6 is 15.9 Å². The molecule has 5 nitrogen and oxygen atoms in total. The lowest BCUT2D eigenvalue weighted by atomic mass is 10.3. The van der Waals surface area contributed by atoms with E-state index in [1.54, 1.807) is 12.4 Å². The summed E-state index contributed by atoms with van der Waals surface area (Å²) < 4.78 is 21.7. The van der Waals surface area contributed by atoms with E-state index >= 15 is 0 Å². The third-order valence-corrected chi connectivity index (χ3v) is 2.53. The number of aromatic nitrogens is 2. The van der Waals surface area contributed by atoms with E-state index in [0.717, 1.165) is 5.56 Å². The summed E-state index contributed by atoms with van der Waals surface area (Å²) in [4.78, 5) is 7.70. The highest BCUT2D eigenvalue weighted by Crippen LogP contribution is 2.02. The van der Waals surface area contributed by atoms with Gasteiger partial charge in [0.2, 0.25) is 10.0 Å². The van der Waals surface area contributed by atoms with Gasteiger partial charge in [0, 0.05) is 12.4 Å². The fourth-order valence-electron chi connectivity index (χ4n) is 0.728. The average Bonchev–Trinajstić information content (AvgIpc) is 2.02. The lowest BCUT2D eigenvalue weighted by molar-refractivity contribution is 0.597. The normalized spacial score (nSPS) is 11.5. The van der Waals surface area contributed by atoms with Crippen LogP contribution in [0, 0.1) is 0 Å². The maximum Gasteiger partial charge on any atom is 0.209 e. The molecule has 1 rings (SSSR count). The quantitative estimate of drug-likeness (QED) is 0.784. The van der Waals surface area contributed by atoms with Gasteiger partial charge in [-0.1, -0.05) is 0 Å². The highest BCUT2D eigenvalue weighted by atomic mass is 79.9. The zero-order chi connectivity index (χ0) is 9.90. The first kappa shape index (κ1) is 10.6. The van der Waals surface area contributed by atoms with E-state index in [4.69, 9.17) is 5.14 Å². The number of hydrogen-bond acceptors (Lipinski definition) is 4. The molecule has 13 heavy (non-hydrogen) atoms. The van der Waals surface area contributed by atoms with Crippen LogP contribution in [0.3, 0.4) is 0 Å². The second-order valence-electron chi connectivity index (χ2n) is 2.48. The fraction of sp³-hybridized carbons (Fsp3) is 0.333. The Balaban J connectivity index is 2.61. The SMILES string of the molecule is NS(=O)(=O)CCc1cnc(Br)nc1. The van der Waals surface area contributed by atoms with Crippen LogP contribution in [0.4, 0.5) is 0 Å². The summed E-state index contributed by atoms with van der Waals surface area (Å²) in [7, 11) is -3.40. The van der Waals surface area contributed by atoms with Gasteiger partial charge in [-0.25, -0.2) is 23.5 Å². The number of nitrogens with two attached hydrogens (primary N) is 1. The van der Waals surface area contributed by atoms with Gasteiger partial charge in [0.15, 0.2) is 4.73 Å². The predicted molar refractivity (Wildman–Crippen MR) is 51.4 cm³/mol. The van der Waals surface area contributed by atoms with E-state index in [1.165, 1.54) is 0 Å². The van der Waals surface area contributed by atoms with Crippen LogP contribution in [-0.4, -0.2) is 24.1 Å². The van der Waals surface area contributed by atoms with Crippen LogP contribution in [0.2, 0.25) is 0 Å². The van der Waals surface area contributed by atoms with E-state index < -0.39 is 10.0 Å². The van der Waals surface area contributed by atoms with Gasteiger partial charge < -0.3 is 0 Å². The molecule has 0 fully saturated rings. The van der Waals surface area contributed by atoms with Crippen molar-refractivity contribution in [3.63, 3.8) is 0 Å². The second-order valence-corrected chi connectivity index (χ2v) is 4.92. The highest BCUT2D eigenvalue weighted by Gasteiger charge is 2.03. The van der Waals surface area contributed by atoms with Crippen LogP contribution in [0.15, 0.2) is 17.1 Å². The smallest absolute Gasteiger partial charge is 0.209 e. The van der Waals surface area contributed by atoms with Gasteiger partial charge in [-0.2, -0.15) is 0 Å². The van der Waals surface area contributed by atoms with Crippen molar-refractivity contribution < 1.29 is 8.42 Å². The van der Waals surface area contributed by atoms with Crippen molar-refractivity contribution in [2.45, 2.75) is 6.42 Å². The Bertz CT molecular complexity index is 375. The molecule has 0 aliphatic rings. The predicted octanol–water partition coefficient (Wildman–Crippen LogP) is 0.0701. The Morgan fingerprint density at radius 2 is 1.92 bits per heavy atom. The Morgan fingerprint density at radius 3 is 2.38 bits per heavy atom. The van der Waals surface area contributed by atoms with Gasteiger partial charge in [-0.05, 0) is 27.9 Å². The molecule has 0 spiro atoms. The summed E-state index contributed by atoms with van der Waals surface area (Å²) in [6.45, 7) is 0. The number of rotatable bonds is 3. The molecule has 0 saturated carbocycles. The Morgan fingerprint density at radius 1 is 1.38 bits per heavy atom. The van der Waals surface area contributed by atoms with E-state index in [2.05, 4.69) is 25.9 Å². The maximum atomic E-state index is 10.6. The monoisotopic (exact) mass is 265 g/mol. The third-order valence-electron chi connectivity index (χ3n) is 1.35. The number of hydrogen-bond donors (Lipinski definition) is 1. The molecule has 0 aliphatic heterocycles. The number of halogens is 1. The van der Waals surface area contributed by atoms with Crippen molar-refractivity contribution in [3.8, 4) is 0 Å². The molecule has 7 heteroatoms. The molecule has 0 saturated heterocycles. The number of aryl methyl sites for hydroxylation is 1. The van der Waals surface area contributed by atoms with Crippen molar-refractivity contribution in [3.05, 3.63) is 22.7 Å². The van der Waals surface area contributed by atoms with Crippen LogP contribution in [0.25, 0.3) is 0 Å². The molecule has 0 aliphatic carbocycles. The van der Waals surface area contributed by atoms with Gasteiger partial charge in [0.1, 0.15) is 0 Å². The zero-order valence-electron chi connectivity index (χ0n) is 6.64. The number of primary sulfonamides is 1. The molecular formula is C6H8BrN3O2S. The highest BCUT2D eigenvalue weighted by molar-refractivity contribution is 9.10. The van der Waals surface area contributed by atoms with Crippen molar-refractivity contribution in [1.29, 1.82) is 0 Å². The summed E-state index contributed by atoms with van der Waals surface area (Å²) in [5.41, 5.74) is 0.747. The molecule has 0 atom stereocenters. The van der Waals surface area contributed by atoms with Crippen molar-refractivity contribution >= 4 is 26.0 Å². The summed E-state index contributed by atoms with van der Waals surface area (Å²) in [6.07, 6.45) is 3.46. The Hall–Kier alpha value is -0.530. The van der Waals surface area contributed by atoms with Gasteiger partial charge in [-0.3, -0.25) is 0 Å². The summed E-state index contributed by atoms with van der Waals surface area (Å²) in [5.74, 6) is -0.0853. The molecular weight excluding hydrogens is 258 g/mol. The first-order chi connectivity index (χ1) is 5.97. The van der Waals surface area contributed by atoms with E-state index in [-0.39, 0.29) is 5.75 Å². The van der Waals surface area contributed by atoms with Crippen molar-refractivity contribution in [2.75, 3.05) is 5.75 Å². The molecule has 2 N–H and O–H groups in total. The Labute approximate surface area is 84.6 Å². The summed E-state index contributed by atoms with van der Waals surface area (Å²) in [6, 6.07) is 0. The van der Waals surface area contributed by atoms with Crippen LogP contribution in [0.5, 0.6) is 0 Å². The first-order valence-electron chi connectivity index (χ1n) is 3.44. The van der Waals surface area contributed by atoms with Gasteiger partial charge in [0.25, 0.3) is 0 Å². The van der Waals surface area contributed by atoms with Crippen molar-refractivity contribution in [1.82, 2.24) is 9.97 Å². The molecule has 1 aromatic rings. The molecule has 0 bridgehead atoms. The van der Waals surface area contributed by atoms with Crippen LogP contribution in [0.1, 0.15) is 5.56 Å². The minimum absolute atomic E-state index is 0.0853. The zero-order valence-corrected chi connectivity index (χ0v) is 9.05. The molecule has 0 unspecified atom stereocenters. The van der Waals surface area contributed by atoms with Crippen LogP contribution < -0.4 is 5.14 Å². The van der Waals surface area contributed by atoms with Gasteiger partial charge in [0.05, 0.1) is 5.75 Å². The number of sulfonamides is 1. The minimum atomic E-state index is -3.40. The van der Waals surface area contributed by atoms with Crippen molar-refractivity contribution in [2.24, 2.45) is 5.14 Å². The molecule has 0 aromatic carbocycles. The minimum Gasteiger partial charge on any atom is -0.230 e. The van der Waals surface area contributed by atoms with Gasteiger partial charge >= 0.3 is 0 Å². The average molecular weight is 266 g/mol. The molecule has 1 aromatic heterocycles. The molecule has 0 radical (unpaired) electrons. The Kier molecular flexibility index (Phi) is 3.34. The lowest BCUT2D eigenvalue weighted by Crippen LogP contribution is -2.18. The molecule has 0 amide bonds. The maximum absolute atomic E-state index is 10.6. The van der Waals surface area contributed by atoms with E-state index in [1.807, 2.05) is 0 Å². The van der Waals surface area contributed by atoms with Crippen LogP contribution in [-0.2, 0) is 16.4 Å². The standard InChI is InChI=1S/C6H8BrN3O2S/c7-6-9-3-5(4-10-6)1-2-13(8,11)12/h3-4H,1-2H2,(H2,8,11,12). The summed E-state index contributed by atoms with van der Waals surface area (Å²) >= 11 is 3.07. The topological polar surface area (TPSA) is 85.9 Å². The third kappa shape index (κ3) is 4.30.